The molecule has 0 spiro atoms. The minimum Gasteiger partial charge on any atom is -0.365 e. The number of carbonyl (C=O) groups is 1. The molecule has 4 rings (SSSR count). The van der Waals surface area contributed by atoms with Crippen LogP contribution in [-0.2, 0) is 4.79 Å². The van der Waals surface area contributed by atoms with Crippen LogP contribution >= 0.6 is 0 Å². The van der Waals surface area contributed by atoms with E-state index in [9.17, 15) is 18.0 Å². The lowest BCUT2D eigenvalue weighted by Gasteiger charge is -2.35. The van der Waals surface area contributed by atoms with Crippen LogP contribution in [0.15, 0.2) is 66.4 Å². The average molecular weight is 474 g/mol. The van der Waals surface area contributed by atoms with E-state index in [1.165, 1.54) is 5.56 Å². The first-order chi connectivity index (χ1) is 16.0. The molecule has 4 nitrogen and oxygen atoms in total. The maximum atomic E-state index is 13.7. The molecule has 3 aliphatic rings. The van der Waals surface area contributed by atoms with Gasteiger partial charge in [-0.25, -0.2) is 0 Å². The number of hydrogen-bond acceptors (Lipinski definition) is 3. The average Bonchev–Trinajstić information content (AvgIpc) is 3.36. The van der Waals surface area contributed by atoms with E-state index in [0.29, 0.717) is 23.6 Å². The minimum absolute atomic E-state index is 0.0230. The highest BCUT2D eigenvalue weighted by Crippen LogP contribution is 2.47. The summed E-state index contributed by atoms with van der Waals surface area (Å²) in [5, 5.41) is 3.20. The van der Waals surface area contributed by atoms with E-state index in [2.05, 4.69) is 61.5 Å². The number of fused-ring (bicyclic) bond motifs is 1. The third kappa shape index (κ3) is 4.67. The molecule has 3 fully saturated rings. The van der Waals surface area contributed by atoms with E-state index < -0.39 is 17.2 Å². The number of halogens is 3. The Morgan fingerprint density at radius 2 is 2.00 bits per heavy atom. The van der Waals surface area contributed by atoms with Crippen LogP contribution < -0.4 is 5.32 Å². The fourth-order valence-electron chi connectivity index (χ4n) is 5.65. The molecule has 184 valence electrons. The highest BCUT2D eigenvalue weighted by atomic mass is 19.4. The summed E-state index contributed by atoms with van der Waals surface area (Å²) < 4.78 is 39.0. The molecular formula is C27H34F3N3O. The van der Waals surface area contributed by atoms with Crippen molar-refractivity contribution in [1.82, 2.24) is 15.1 Å². The fraction of sp³-hybridized carbons (Fsp3) is 0.519. The van der Waals surface area contributed by atoms with Gasteiger partial charge in [-0.3, -0.25) is 4.79 Å². The maximum Gasteiger partial charge on any atom is 0.415 e. The van der Waals surface area contributed by atoms with E-state index in [1.807, 2.05) is 6.07 Å². The first-order valence-electron chi connectivity index (χ1n) is 12.0. The molecule has 0 bridgehead atoms. The summed E-state index contributed by atoms with van der Waals surface area (Å²) in [6, 6.07) is 10.5. The van der Waals surface area contributed by atoms with Crippen molar-refractivity contribution in [2.75, 3.05) is 26.2 Å². The van der Waals surface area contributed by atoms with Gasteiger partial charge in [-0.05, 0) is 55.0 Å². The SMILES string of the molecule is C=C1NC2CC(CCN3CCC(c4ccccc4)C3)(C(C)C)C(=O)N2C/C1=C/C(=C)C(F)(F)F. The highest BCUT2D eigenvalue weighted by Gasteiger charge is 2.54. The van der Waals surface area contributed by atoms with Gasteiger partial charge in [-0.15, -0.1) is 0 Å². The summed E-state index contributed by atoms with van der Waals surface area (Å²) in [5.74, 6) is 0.654. The zero-order valence-electron chi connectivity index (χ0n) is 20.0. The van der Waals surface area contributed by atoms with Crippen LogP contribution in [0.5, 0.6) is 0 Å². The molecule has 34 heavy (non-hydrogen) atoms. The molecule has 0 radical (unpaired) electrons. The second-order valence-electron chi connectivity index (χ2n) is 10.2. The molecule has 0 aliphatic carbocycles. The molecule has 1 amide bonds. The number of amides is 1. The third-order valence-corrected chi connectivity index (χ3v) is 7.93. The van der Waals surface area contributed by atoms with E-state index in [-0.39, 0.29) is 24.5 Å². The van der Waals surface area contributed by atoms with Gasteiger partial charge in [0.1, 0.15) is 6.17 Å². The van der Waals surface area contributed by atoms with Crippen molar-refractivity contribution in [2.45, 2.75) is 51.4 Å². The maximum absolute atomic E-state index is 13.7. The lowest BCUT2D eigenvalue weighted by molar-refractivity contribution is -0.139. The zero-order chi connectivity index (χ0) is 24.7. The number of nitrogens with zero attached hydrogens (tertiary/aromatic N) is 2. The van der Waals surface area contributed by atoms with Crippen LogP contribution in [-0.4, -0.2) is 54.2 Å². The Kier molecular flexibility index (Phi) is 6.69. The van der Waals surface area contributed by atoms with Crippen molar-refractivity contribution in [2.24, 2.45) is 11.3 Å². The molecule has 3 atom stereocenters. The molecule has 1 aromatic carbocycles. The summed E-state index contributed by atoms with van der Waals surface area (Å²) in [6.07, 6.45) is -1.27. The van der Waals surface area contributed by atoms with Crippen molar-refractivity contribution >= 4 is 5.91 Å². The van der Waals surface area contributed by atoms with Gasteiger partial charge in [0.25, 0.3) is 0 Å². The molecule has 3 unspecified atom stereocenters. The number of nitrogens with one attached hydrogen (secondary N) is 1. The topological polar surface area (TPSA) is 35.6 Å². The molecule has 7 heteroatoms. The number of likely N-dealkylation sites (tertiary alicyclic amines) is 1. The first-order valence-corrected chi connectivity index (χ1v) is 12.0. The van der Waals surface area contributed by atoms with Crippen molar-refractivity contribution in [1.29, 1.82) is 0 Å². The van der Waals surface area contributed by atoms with Crippen molar-refractivity contribution in [3.8, 4) is 0 Å². The van der Waals surface area contributed by atoms with Crippen LogP contribution in [0.3, 0.4) is 0 Å². The molecule has 3 aliphatic heterocycles. The summed E-state index contributed by atoms with van der Waals surface area (Å²) in [5.41, 5.74) is 0.674. The van der Waals surface area contributed by atoms with Gasteiger partial charge in [0.2, 0.25) is 5.91 Å². The van der Waals surface area contributed by atoms with Gasteiger partial charge in [-0.1, -0.05) is 57.3 Å². The van der Waals surface area contributed by atoms with Crippen molar-refractivity contribution in [3.05, 3.63) is 72.0 Å². The largest absolute Gasteiger partial charge is 0.415 e. The predicted molar refractivity (Wildman–Crippen MR) is 128 cm³/mol. The fourth-order valence-corrected chi connectivity index (χ4v) is 5.65. The summed E-state index contributed by atoms with van der Waals surface area (Å²) >= 11 is 0. The number of rotatable bonds is 6. The number of hydrogen-bond donors (Lipinski definition) is 1. The van der Waals surface area contributed by atoms with E-state index in [0.717, 1.165) is 38.6 Å². The molecule has 3 heterocycles. The standard InChI is InChI=1S/C27H34F3N3O/c1-18(2)26(11-13-32-12-10-22(16-32)21-8-6-5-7-9-21)15-24-31-20(4)23(17-33(24)25(26)34)14-19(3)27(28,29)30/h5-9,14,18,22,24,31H,3-4,10-13,15-17H2,1-2H3/b23-14-. The quantitative estimate of drug-likeness (QED) is 0.615. The van der Waals surface area contributed by atoms with Gasteiger partial charge >= 0.3 is 6.18 Å². The van der Waals surface area contributed by atoms with Crippen LogP contribution in [0.4, 0.5) is 13.2 Å². The van der Waals surface area contributed by atoms with Crippen LogP contribution in [0.2, 0.25) is 0 Å². The molecule has 1 N–H and O–H groups in total. The second kappa shape index (κ2) is 9.25. The summed E-state index contributed by atoms with van der Waals surface area (Å²) in [6.45, 7) is 14.2. The van der Waals surface area contributed by atoms with E-state index >= 15 is 0 Å². The molecule has 0 saturated carbocycles. The number of benzene rings is 1. The Balaban J connectivity index is 1.45. The first kappa shape index (κ1) is 24.6. The number of alkyl halides is 3. The summed E-state index contributed by atoms with van der Waals surface area (Å²) in [7, 11) is 0. The van der Waals surface area contributed by atoms with E-state index in [4.69, 9.17) is 0 Å². The van der Waals surface area contributed by atoms with E-state index in [1.54, 1.807) is 4.90 Å². The molecule has 3 saturated heterocycles. The van der Waals surface area contributed by atoms with Gasteiger partial charge in [-0.2, -0.15) is 13.2 Å². The second-order valence-corrected chi connectivity index (χ2v) is 10.2. The Bertz CT molecular complexity index is 985. The smallest absolute Gasteiger partial charge is 0.365 e. The van der Waals surface area contributed by atoms with Crippen LogP contribution in [0.1, 0.15) is 44.6 Å². The van der Waals surface area contributed by atoms with Gasteiger partial charge in [0.05, 0.1) is 5.41 Å². The molecular weight excluding hydrogens is 439 g/mol. The minimum atomic E-state index is -4.51. The van der Waals surface area contributed by atoms with Crippen molar-refractivity contribution in [3.63, 3.8) is 0 Å². The van der Waals surface area contributed by atoms with Crippen molar-refractivity contribution < 1.29 is 18.0 Å². The van der Waals surface area contributed by atoms with Gasteiger partial charge in [0, 0.05) is 30.8 Å². The lowest BCUT2D eigenvalue weighted by atomic mass is 9.72. The monoisotopic (exact) mass is 473 g/mol. The zero-order valence-corrected chi connectivity index (χ0v) is 20.0. The van der Waals surface area contributed by atoms with Crippen LogP contribution in [0.25, 0.3) is 0 Å². The lowest BCUT2D eigenvalue weighted by Crippen LogP contribution is -2.49. The highest BCUT2D eigenvalue weighted by molar-refractivity contribution is 5.86. The normalized spacial score (nSPS) is 29.1. The Hall–Kier alpha value is -2.54. The summed E-state index contributed by atoms with van der Waals surface area (Å²) in [4.78, 5) is 17.8. The molecule has 1 aromatic rings. The Labute approximate surface area is 200 Å². The van der Waals surface area contributed by atoms with Gasteiger partial charge in [0.15, 0.2) is 0 Å². The third-order valence-electron chi connectivity index (χ3n) is 7.93. The van der Waals surface area contributed by atoms with Gasteiger partial charge < -0.3 is 15.1 Å². The number of allylic oxidation sites excluding steroid dienone is 2. The van der Waals surface area contributed by atoms with Crippen LogP contribution in [0, 0.1) is 11.3 Å². The number of carbonyl (C=O) groups excluding carboxylic acids is 1. The Morgan fingerprint density at radius 3 is 2.65 bits per heavy atom. The Morgan fingerprint density at radius 1 is 1.29 bits per heavy atom. The molecule has 0 aromatic heterocycles. The predicted octanol–water partition coefficient (Wildman–Crippen LogP) is 5.23.